The van der Waals surface area contributed by atoms with Crippen LogP contribution in [-0.4, -0.2) is 41.7 Å². The van der Waals surface area contributed by atoms with Crippen molar-refractivity contribution < 1.29 is 19.0 Å². The van der Waals surface area contributed by atoms with Gasteiger partial charge in [-0.1, -0.05) is 37.6 Å². The molecule has 0 saturated carbocycles. The van der Waals surface area contributed by atoms with Crippen LogP contribution in [0.2, 0.25) is 5.02 Å². The van der Waals surface area contributed by atoms with Gasteiger partial charge in [0, 0.05) is 16.1 Å². The lowest BCUT2D eigenvalue weighted by Gasteiger charge is -2.17. The van der Waals surface area contributed by atoms with Crippen molar-refractivity contribution in [2.24, 2.45) is 5.10 Å². The molecular weight excluding hydrogens is 530 g/mol. The van der Waals surface area contributed by atoms with E-state index >= 15 is 0 Å². The van der Waals surface area contributed by atoms with E-state index in [9.17, 15) is 9.59 Å². The summed E-state index contributed by atoms with van der Waals surface area (Å²) < 4.78 is 17.7. The second-order valence-corrected chi connectivity index (χ2v) is 10.3. The number of para-hydroxylation sites is 1. The number of rotatable bonds is 9. The fraction of sp³-hybridized carbons (Fsp3) is 0.290. The normalized spacial score (nSPS) is 11.5. The van der Waals surface area contributed by atoms with Crippen molar-refractivity contribution in [1.82, 2.24) is 9.66 Å². The molecule has 0 radical (unpaired) electrons. The highest BCUT2D eigenvalue weighted by molar-refractivity contribution is 6.30. The molecule has 0 N–H and O–H groups in total. The van der Waals surface area contributed by atoms with E-state index in [1.54, 1.807) is 57.4 Å². The minimum atomic E-state index is -0.499. The monoisotopic (exact) mass is 561 g/mol. The van der Waals surface area contributed by atoms with Gasteiger partial charge in [0.25, 0.3) is 5.56 Å². The zero-order valence-electron chi connectivity index (χ0n) is 23.4. The van der Waals surface area contributed by atoms with Gasteiger partial charge in [-0.15, -0.1) is 0 Å². The number of methoxy groups -OCH3 is 1. The number of hydrogen-bond donors (Lipinski definition) is 0. The second-order valence-electron chi connectivity index (χ2n) is 9.89. The molecule has 8 nitrogen and oxygen atoms in total. The van der Waals surface area contributed by atoms with Crippen LogP contribution in [0.5, 0.6) is 11.5 Å². The SMILES string of the molecule is COc1cc(C)c(-c2nc3ccccc3c(=O)n2N=Cc2cc(Cl)ccc2OCC(=O)OC(C)C)cc1C(C)C. The molecule has 9 heteroatoms. The molecule has 0 fully saturated rings. The van der Waals surface area contributed by atoms with Gasteiger partial charge in [0.15, 0.2) is 12.4 Å². The van der Waals surface area contributed by atoms with Crippen LogP contribution in [0.25, 0.3) is 22.3 Å². The van der Waals surface area contributed by atoms with Gasteiger partial charge >= 0.3 is 5.97 Å². The van der Waals surface area contributed by atoms with Crippen LogP contribution >= 0.6 is 11.6 Å². The summed E-state index contributed by atoms with van der Waals surface area (Å²) in [5, 5.41) is 5.44. The molecule has 0 saturated heterocycles. The van der Waals surface area contributed by atoms with Gasteiger partial charge in [-0.05, 0) is 80.3 Å². The van der Waals surface area contributed by atoms with E-state index in [0.29, 0.717) is 33.1 Å². The Morgan fingerprint density at radius 2 is 1.82 bits per heavy atom. The predicted molar refractivity (Wildman–Crippen MR) is 158 cm³/mol. The number of carbonyl (C=O) groups is 1. The fourth-order valence-electron chi connectivity index (χ4n) is 4.28. The molecule has 0 bridgehead atoms. The number of benzene rings is 3. The highest BCUT2D eigenvalue weighted by Gasteiger charge is 2.18. The Morgan fingerprint density at radius 3 is 2.52 bits per heavy atom. The molecular formula is C31H32ClN3O5. The number of esters is 1. The van der Waals surface area contributed by atoms with Crippen LogP contribution in [0, 0.1) is 6.92 Å². The molecule has 0 unspecified atom stereocenters. The van der Waals surface area contributed by atoms with E-state index in [-0.39, 0.29) is 24.2 Å². The Labute approximate surface area is 238 Å². The van der Waals surface area contributed by atoms with Crippen LogP contribution in [0.15, 0.2) is 64.5 Å². The number of aryl methyl sites for hydroxylation is 1. The molecule has 208 valence electrons. The van der Waals surface area contributed by atoms with Gasteiger partial charge in [-0.3, -0.25) is 4.79 Å². The molecule has 0 spiro atoms. The summed E-state index contributed by atoms with van der Waals surface area (Å²) in [6, 6.07) is 16.0. The zero-order valence-corrected chi connectivity index (χ0v) is 24.2. The van der Waals surface area contributed by atoms with Gasteiger partial charge in [0.05, 0.1) is 30.3 Å². The lowest BCUT2D eigenvalue weighted by molar-refractivity contribution is -0.149. The van der Waals surface area contributed by atoms with Crippen LogP contribution in [-0.2, 0) is 9.53 Å². The smallest absolute Gasteiger partial charge is 0.344 e. The summed E-state index contributed by atoms with van der Waals surface area (Å²) in [5.41, 5.74) is 3.32. The van der Waals surface area contributed by atoms with E-state index in [0.717, 1.165) is 22.4 Å². The van der Waals surface area contributed by atoms with Gasteiger partial charge in [0.2, 0.25) is 0 Å². The van der Waals surface area contributed by atoms with Gasteiger partial charge in [-0.25, -0.2) is 9.78 Å². The Balaban J connectivity index is 1.86. The number of fused-ring (bicyclic) bond motifs is 1. The summed E-state index contributed by atoms with van der Waals surface area (Å²) in [6.45, 7) is 9.34. The van der Waals surface area contributed by atoms with Crippen molar-refractivity contribution in [3.63, 3.8) is 0 Å². The molecule has 4 aromatic rings. The molecule has 1 aromatic heterocycles. The molecule has 0 amide bonds. The third-order valence-corrected chi connectivity index (χ3v) is 6.43. The molecule has 1 heterocycles. The first-order valence-corrected chi connectivity index (χ1v) is 13.3. The maximum absolute atomic E-state index is 13.7. The van der Waals surface area contributed by atoms with Crippen LogP contribution in [0.1, 0.15) is 50.3 Å². The maximum atomic E-state index is 13.7. The number of halogens is 1. The van der Waals surface area contributed by atoms with Crippen molar-refractivity contribution in [3.05, 3.63) is 86.7 Å². The largest absolute Gasteiger partial charge is 0.496 e. The maximum Gasteiger partial charge on any atom is 0.344 e. The van der Waals surface area contributed by atoms with Crippen molar-refractivity contribution in [2.75, 3.05) is 13.7 Å². The average molecular weight is 562 g/mol. The summed E-state index contributed by atoms with van der Waals surface area (Å²) in [4.78, 5) is 30.6. The summed E-state index contributed by atoms with van der Waals surface area (Å²) >= 11 is 6.26. The van der Waals surface area contributed by atoms with Crippen LogP contribution in [0.4, 0.5) is 0 Å². The third kappa shape index (κ3) is 6.34. The number of ether oxygens (including phenoxy) is 3. The van der Waals surface area contributed by atoms with Crippen LogP contribution in [0.3, 0.4) is 0 Å². The fourth-order valence-corrected chi connectivity index (χ4v) is 4.46. The first kappa shape index (κ1) is 28.8. The Bertz CT molecular complexity index is 1640. The van der Waals surface area contributed by atoms with Crippen molar-refractivity contribution in [1.29, 1.82) is 0 Å². The standard InChI is InChI=1S/C31H32ClN3O5/c1-18(2)24-15-25(20(5)13-28(24)38-6)30-34-26-10-8-7-9-23(26)31(37)35(30)33-16-21-14-22(32)11-12-27(21)39-17-29(36)40-19(3)4/h7-16,18-19H,17H2,1-6H3. The first-order valence-electron chi connectivity index (χ1n) is 13.0. The van der Waals surface area contributed by atoms with Crippen molar-refractivity contribution in [3.8, 4) is 22.9 Å². The number of hydrogen-bond acceptors (Lipinski definition) is 7. The lowest BCUT2D eigenvalue weighted by Crippen LogP contribution is -2.21. The molecule has 0 aliphatic carbocycles. The summed E-state index contributed by atoms with van der Waals surface area (Å²) in [7, 11) is 1.64. The summed E-state index contributed by atoms with van der Waals surface area (Å²) in [6.07, 6.45) is 1.21. The first-order chi connectivity index (χ1) is 19.1. The highest BCUT2D eigenvalue weighted by atomic mass is 35.5. The molecule has 40 heavy (non-hydrogen) atoms. The third-order valence-electron chi connectivity index (χ3n) is 6.19. The quantitative estimate of drug-likeness (QED) is 0.174. The van der Waals surface area contributed by atoms with E-state index in [2.05, 4.69) is 18.9 Å². The van der Waals surface area contributed by atoms with Gasteiger partial charge in [-0.2, -0.15) is 9.78 Å². The number of carbonyl (C=O) groups excluding carboxylic acids is 1. The number of nitrogens with zero attached hydrogens (tertiary/aromatic N) is 3. The molecule has 3 aromatic carbocycles. The topological polar surface area (TPSA) is 92.0 Å². The predicted octanol–water partition coefficient (Wildman–Crippen LogP) is 6.37. The Kier molecular flexibility index (Phi) is 8.90. The van der Waals surface area contributed by atoms with Crippen molar-refractivity contribution in [2.45, 2.75) is 46.6 Å². The average Bonchev–Trinajstić information content (AvgIpc) is 2.91. The lowest BCUT2D eigenvalue weighted by atomic mass is 9.96. The molecule has 4 rings (SSSR count). The van der Waals surface area contributed by atoms with Gasteiger partial charge < -0.3 is 14.2 Å². The minimum absolute atomic E-state index is 0.173. The van der Waals surface area contributed by atoms with E-state index < -0.39 is 5.97 Å². The zero-order chi connectivity index (χ0) is 29.0. The molecule has 0 atom stereocenters. The Morgan fingerprint density at radius 1 is 1.07 bits per heavy atom. The minimum Gasteiger partial charge on any atom is -0.496 e. The van der Waals surface area contributed by atoms with Crippen molar-refractivity contribution >= 4 is 34.7 Å². The Hall–Kier alpha value is -4.17. The molecule has 0 aliphatic rings. The van der Waals surface area contributed by atoms with E-state index in [1.165, 1.54) is 10.9 Å². The number of aromatic nitrogens is 2. The second kappa shape index (κ2) is 12.3. The summed E-state index contributed by atoms with van der Waals surface area (Å²) in [5.74, 6) is 1.19. The van der Waals surface area contributed by atoms with E-state index in [1.807, 2.05) is 25.1 Å². The highest BCUT2D eigenvalue weighted by Crippen LogP contribution is 2.34. The van der Waals surface area contributed by atoms with E-state index in [4.69, 9.17) is 30.8 Å². The molecule has 0 aliphatic heterocycles. The van der Waals surface area contributed by atoms with Crippen LogP contribution < -0.4 is 15.0 Å². The van der Waals surface area contributed by atoms with Gasteiger partial charge in [0.1, 0.15) is 11.5 Å².